The number of benzene rings is 2. The van der Waals surface area contributed by atoms with Gasteiger partial charge < -0.3 is 0 Å². The molecular formula is C20H17NOS. The summed E-state index contributed by atoms with van der Waals surface area (Å²) in [6, 6.07) is 18.3. The second-order valence-corrected chi connectivity index (χ2v) is 6.37. The van der Waals surface area contributed by atoms with Crippen LogP contribution in [0.3, 0.4) is 0 Å². The molecule has 114 valence electrons. The highest BCUT2D eigenvalue weighted by atomic mass is 32.2. The first-order chi connectivity index (χ1) is 11.2. The Labute approximate surface area is 140 Å². The molecule has 0 aromatic heterocycles. The maximum Gasteiger partial charge on any atom is 0.284 e. The largest absolute Gasteiger partial charge is 0.284 e. The summed E-state index contributed by atoms with van der Waals surface area (Å²) in [5.74, 6) is -0.157. The lowest BCUT2D eigenvalue weighted by Gasteiger charge is -1.99. The standard InChI is InChI=1S/C20H17NOS/c1-15-11-13-17(14-12-15)20-21-19(22)18(23-20)10-6-5-9-16-7-3-2-4-8-16/h2-8,10-14H,9H2,1H3/b6-5+,18-10-. The van der Waals surface area contributed by atoms with Crippen LogP contribution in [0.25, 0.3) is 0 Å². The zero-order chi connectivity index (χ0) is 16.1. The lowest BCUT2D eigenvalue weighted by Crippen LogP contribution is -1.90. The number of amides is 1. The number of hydrogen-bond acceptors (Lipinski definition) is 2. The third kappa shape index (κ3) is 4.08. The summed E-state index contributed by atoms with van der Waals surface area (Å²) in [5, 5.41) is 0.776. The molecule has 2 nitrogen and oxygen atoms in total. The number of allylic oxidation sites excluding steroid dienone is 3. The van der Waals surface area contributed by atoms with Gasteiger partial charge in [0.2, 0.25) is 0 Å². The quantitative estimate of drug-likeness (QED) is 0.765. The second kappa shape index (κ2) is 7.25. The number of thioether (sulfide) groups is 1. The molecule has 0 saturated carbocycles. The maximum absolute atomic E-state index is 12.0. The van der Waals surface area contributed by atoms with Gasteiger partial charge in [0.25, 0.3) is 5.91 Å². The topological polar surface area (TPSA) is 29.4 Å². The van der Waals surface area contributed by atoms with E-state index in [0.29, 0.717) is 4.91 Å². The molecule has 0 fully saturated rings. The minimum atomic E-state index is -0.157. The lowest BCUT2D eigenvalue weighted by molar-refractivity contribution is -0.113. The van der Waals surface area contributed by atoms with Gasteiger partial charge in [0, 0.05) is 5.56 Å². The van der Waals surface area contributed by atoms with Gasteiger partial charge in [0.15, 0.2) is 0 Å². The van der Waals surface area contributed by atoms with E-state index in [-0.39, 0.29) is 5.91 Å². The zero-order valence-electron chi connectivity index (χ0n) is 12.9. The Morgan fingerprint density at radius 3 is 2.52 bits per heavy atom. The molecule has 0 aliphatic carbocycles. The Hall–Kier alpha value is -2.39. The monoisotopic (exact) mass is 319 g/mol. The fourth-order valence-electron chi connectivity index (χ4n) is 2.22. The number of rotatable bonds is 4. The Morgan fingerprint density at radius 1 is 1.04 bits per heavy atom. The highest BCUT2D eigenvalue weighted by molar-refractivity contribution is 8.19. The highest BCUT2D eigenvalue weighted by Crippen LogP contribution is 2.30. The van der Waals surface area contributed by atoms with E-state index < -0.39 is 0 Å². The fourth-order valence-corrected chi connectivity index (χ4v) is 3.09. The van der Waals surface area contributed by atoms with E-state index in [1.165, 1.54) is 22.9 Å². The van der Waals surface area contributed by atoms with Crippen LogP contribution in [0.2, 0.25) is 0 Å². The van der Waals surface area contributed by atoms with E-state index >= 15 is 0 Å². The molecule has 2 aromatic carbocycles. The number of nitrogens with zero attached hydrogens (tertiary/aromatic N) is 1. The van der Waals surface area contributed by atoms with Gasteiger partial charge in [-0.3, -0.25) is 4.79 Å². The van der Waals surface area contributed by atoms with Crippen molar-refractivity contribution in [3.63, 3.8) is 0 Å². The van der Waals surface area contributed by atoms with Crippen LogP contribution in [0.15, 0.2) is 82.7 Å². The Morgan fingerprint density at radius 2 is 1.78 bits per heavy atom. The van der Waals surface area contributed by atoms with Crippen molar-refractivity contribution in [2.24, 2.45) is 4.99 Å². The number of carbonyl (C=O) groups excluding carboxylic acids is 1. The molecule has 0 unspecified atom stereocenters. The third-order valence-corrected chi connectivity index (χ3v) is 4.55. The van der Waals surface area contributed by atoms with Gasteiger partial charge in [-0.05, 0) is 25.0 Å². The van der Waals surface area contributed by atoms with Crippen LogP contribution in [-0.4, -0.2) is 11.0 Å². The van der Waals surface area contributed by atoms with Crippen LogP contribution in [0.4, 0.5) is 0 Å². The van der Waals surface area contributed by atoms with Crippen molar-refractivity contribution in [2.75, 3.05) is 0 Å². The van der Waals surface area contributed by atoms with Crippen molar-refractivity contribution in [3.05, 3.63) is 94.4 Å². The second-order valence-electron chi connectivity index (χ2n) is 5.34. The summed E-state index contributed by atoms with van der Waals surface area (Å²) in [7, 11) is 0. The highest BCUT2D eigenvalue weighted by Gasteiger charge is 2.21. The molecule has 1 heterocycles. The third-order valence-electron chi connectivity index (χ3n) is 3.50. The predicted molar refractivity (Wildman–Crippen MR) is 97.7 cm³/mol. The van der Waals surface area contributed by atoms with Crippen molar-refractivity contribution in [1.29, 1.82) is 0 Å². The first kappa shape index (κ1) is 15.5. The first-order valence-electron chi connectivity index (χ1n) is 7.51. The molecule has 2 aromatic rings. The summed E-state index contributed by atoms with van der Waals surface area (Å²) < 4.78 is 0. The van der Waals surface area contributed by atoms with Crippen LogP contribution in [0.5, 0.6) is 0 Å². The molecule has 0 radical (unpaired) electrons. The summed E-state index contributed by atoms with van der Waals surface area (Å²) >= 11 is 1.43. The summed E-state index contributed by atoms with van der Waals surface area (Å²) in [6.07, 6.45) is 6.69. The lowest BCUT2D eigenvalue weighted by atomic mass is 10.1. The molecule has 1 aliphatic rings. The normalized spacial score (nSPS) is 16.3. The van der Waals surface area contributed by atoms with Crippen molar-refractivity contribution in [3.8, 4) is 0 Å². The van der Waals surface area contributed by atoms with Gasteiger partial charge in [-0.15, -0.1) is 0 Å². The summed E-state index contributed by atoms with van der Waals surface area (Å²) in [6.45, 7) is 2.04. The average molecular weight is 319 g/mol. The van der Waals surface area contributed by atoms with Crippen LogP contribution < -0.4 is 0 Å². The number of aliphatic imine (C=N–C) groups is 1. The first-order valence-corrected chi connectivity index (χ1v) is 8.33. The molecule has 3 rings (SSSR count). The van der Waals surface area contributed by atoms with E-state index in [9.17, 15) is 4.79 Å². The molecule has 23 heavy (non-hydrogen) atoms. The molecular weight excluding hydrogens is 302 g/mol. The molecule has 1 aliphatic heterocycles. The molecule has 3 heteroatoms. The minimum absolute atomic E-state index is 0.157. The van der Waals surface area contributed by atoms with Gasteiger partial charge in [-0.1, -0.05) is 84.1 Å². The SMILES string of the molecule is Cc1ccc(C2=NC(=O)/C(=C/C=C/Cc3ccccc3)S2)cc1. The Kier molecular flexibility index (Phi) is 4.89. The summed E-state index contributed by atoms with van der Waals surface area (Å²) in [5.41, 5.74) is 3.44. The Balaban J connectivity index is 1.64. The Bertz CT molecular complexity index is 786. The smallest absolute Gasteiger partial charge is 0.266 e. The van der Waals surface area contributed by atoms with E-state index in [0.717, 1.165) is 17.0 Å². The van der Waals surface area contributed by atoms with Crippen LogP contribution in [-0.2, 0) is 11.2 Å². The van der Waals surface area contributed by atoms with Crippen molar-refractivity contribution >= 4 is 22.7 Å². The van der Waals surface area contributed by atoms with Crippen molar-refractivity contribution in [1.82, 2.24) is 0 Å². The predicted octanol–water partition coefficient (Wildman–Crippen LogP) is 4.70. The van der Waals surface area contributed by atoms with Gasteiger partial charge >= 0.3 is 0 Å². The van der Waals surface area contributed by atoms with Gasteiger partial charge in [-0.2, -0.15) is 0 Å². The van der Waals surface area contributed by atoms with E-state index in [4.69, 9.17) is 0 Å². The van der Waals surface area contributed by atoms with Crippen LogP contribution in [0, 0.1) is 6.92 Å². The molecule has 0 spiro atoms. The average Bonchev–Trinajstić information content (AvgIpc) is 2.94. The van der Waals surface area contributed by atoms with E-state index in [2.05, 4.69) is 23.2 Å². The molecule has 1 amide bonds. The summed E-state index contributed by atoms with van der Waals surface area (Å²) in [4.78, 5) is 16.8. The van der Waals surface area contributed by atoms with Gasteiger partial charge in [0.1, 0.15) is 5.04 Å². The minimum Gasteiger partial charge on any atom is -0.266 e. The molecule has 0 saturated heterocycles. The van der Waals surface area contributed by atoms with Crippen LogP contribution >= 0.6 is 11.8 Å². The van der Waals surface area contributed by atoms with Gasteiger partial charge in [-0.25, -0.2) is 4.99 Å². The number of carbonyl (C=O) groups is 1. The maximum atomic E-state index is 12.0. The van der Waals surface area contributed by atoms with E-state index in [1.807, 2.05) is 61.5 Å². The molecule has 0 N–H and O–H groups in total. The number of hydrogen-bond donors (Lipinski definition) is 0. The number of aryl methyl sites for hydroxylation is 1. The van der Waals surface area contributed by atoms with Crippen molar-refractivity contribution in [2.45, 2.75) is 13.3 Å². The zero-order valence-corrected chi connectivity index (χ0v) is 13.7. The van der Waals surface area contributed by atoms with Crippen molar-refractivity contribution < 1.29 is 4.79 Å². The molecule has 0 bridgehead atoms. The van der Waals surface area contributed by atoms with Crippen LogP contribution in [0.1, 0.15) is 16.7 Å². The fraction of sp³-hybridized carbons (Fsp3) is 0.100. The van der Waals surface area contributed by atoms with E-state index in [1.54, 1.807) is 0 Å². The molecule has 0 atom stereocenters. The van der Waals surface area contributed by atoms with Gasteiger partial charge in [0.05, 0.1) is 4.91 Å².